The highest BCUT2D eigenvalue weighted by molar-refractivity contribution is 5.69. The molecule has 0 aliphatic heterocycles. The molecule has 0 bridgehead atoms. The van der Waals surface area contributed by atoms with Crippen molar-refractivity contribution in [3.8, 4) is 0 Å². The number of carbonyl (C=O) groups excluding carboxylic acids is 1. The van der Waals surface area contributed by atoms with E-state index < -0.39 is 0 Å². The number of unbranched alkanes of at least 4 members (excludes halogenated alkanes) is 20. The summed E-state index contributed by atoms with van der Waals surface area (Å²) in [7, 11) is 0. The average Bonchev–Trinajstić information content (AvgIpc) is 2.98. The highest BCUT2D eigenvalue weighted by Crippen LogP contribution is 2.13. The largest absolute Gasteiger partial charge is 0.463 e. The first-order chi connectivity index (χ1) is 20.3. The molecule has 0 atom stereocenters. The van der Waals surface area contributed by atoms with Gasteiger partial charge in [0.05, 0.1) is 46.2 Å². The van der Waals surface area contributed by atoms with E-state index in [0.29, 0.717) is 59.3 Å². The van der Waals surface area contributed by atoms with Gasteiger partial charge < -0.3 is 23.7 Å². The summed E-state index contributed by atoms with van der Waals surface area (Å²) in [5, 5.41) is 0. The Kier molecular flexibility index (Phi) is 36.7. The van der Waals surface area contributed by atoms with Gasteiger partial charge in [-0.2, -0.15) is 0 Å². The standard InChI is InChI=1S/C35H70O6/c1-3-5-7-9-11-12-13-14-15-16-17-18-19-20-22-24-26-37-27-28-38-29-30-39-31-32-40-33-34-41-35(36)25-23-21-10-8-6-4-2/h3-34H2,1-2H3. The fraction of sp³-hybridized carbons (Fsp3) is 0.971. The van der Waals surface area contributed by atoms with Crippen LogP contribution in [-0.4, -0.2) is 65.4 Å². The zero-order valence-corrected chi connectivity index (χ0v) is 27.6. The maximum atomic E-state index is 11.7. The fourth-order valence-corrected chi connectivity index (χ4v) is 4.85. The Morgan fingerprint density at radius 3 is 1.02 bits per heavy atom. The zero-order chi connectivity index (χ0) is 29.7. The van der Waals surface area contributed by atoms with Crippen LogP contribution < -0.4 is 0 Å². The zero-order valence-electron chi connectivity index (χ0n) is 27.6. The lowest BCUT2D eigenvalue weighted by atomic mass is 10.0. The van der Waals surface area contributed by atoms with Crippen LogP contribution in [0.2, 0.25) is 0 Å². The SMILES string of the molecule is CCCCCCCCCCCCCCCCCCOCCOCCOCCOCCOC(=O)CCCCCCCC. The lowest BCUT2D eigenvalue weighted by Crippen LogP contribution is -2.14. The predicted molar refractivity (Wildman–Crippen MR) is 172 cm³/mol. The van der Waals surface area contributed by atoms with Gasteiger partial charge >= 0.3 is 5.97 Å². The molecule has 0 fully saturated rings. The van der Waals surface area contributed by atoms with E-state index in [4.69, 9.17) is 23.7 Å². The average molecular weight is 587 g/mol. The number of carbonyl (C=O) groups is 1. The van der Waals surface area contributed by atoms with Crippen LogP contribution in [0.25, 0.3) is 0 Å². The molecule has 0 aliphatic rings. The molecule has 0 aliphatic carbocycles. The number of hydrogen-bond donors (Lipinski definition) is 0. The van der Waals surface area contributed by atoms with E-state index in [-0.39, 0.29) is 5.97 Å². The molecule has 0 saturated carbocycles. The fourth-order valence-electron chi connectivity index (χ4n) is 4.85. The summed E-state index contributed by atoms with van der Waals surface area (Å²) in [6.07, 6.45) is 29.8. The molecular weight excluding hydrogens is 516 g/mol. The Morgan fingerprint density at radius 2 is 0.634 bits per heavy atom. The van der Waals surface area contributed by atoms with E-state index in [1.54, 1.807) is 0 Å². The molecule has 0 aromatic carbocycles. The van der Waals surface area contributed by atoms with Gasteiger partial charge in [-0.1, -0.05) is 142 Å². The summed E-state index contributed by atoms with van der Waals surface area (Å²) in [6, 6.07) is 0. The van der Waals surface area contributed by atoms with Gasteiger partial charge in [0, 0.05) is 13.0 Å². The van der Waals surface area contributed by atoms with Gasteiger partial charge in [0.1, 0.15) is 6.61 Å². The molecule has 0 unspecified atom stereocenters. The minimum Gasteiger partial charge on any atom is -0.463 e. The third-order valence-corrected chi connectivity index (χ3v) is 7.48. The van der Waals surface area contributed by atoms with Crippen molar-refractivity contribution in [1.82, 2.24) is 0 Å². The van der Waals surface area contributed by atoms with Crippen LogP contribution in [-0.2, 0) is 28.5 Å². The van der Waals surface area contributed by atoms with Crippen LogP contribution >= 0.6 is 0 Å². The molecule has 0 heterocycles. The highest BCUT2D eigenvalue weighted by atomic mass is 16.6. The van der Waals surface area contributed by atoms with Gasteiger partial charge in [0.2, 0.25) is 0 Å². The van der Waals surface area contributed by atoms with E-state index in [0.717, 1.165) is 25.9 Å². The number of ether oxygens (including phenoxy) is 5. The molecule has 0 aromatic rings. The van der Waals surface area contributed by atoms with Gasteiger partial charge in [0.15, 0.2) is 0 Å². The smallest absolute Gasteiger partial charge is 0.305 e. The normalized spacial score (nSPS) is 11.4. The second-order valence-corrected chi connectivity index (χ2v) is 11.5. The summed E-state index contributed by atoms with van der Waals surface area (Å²) >= 11 is 0. The Labute approximate surface area is 255 Å². The number of rotatable bonds is 36. The molecule has 0 amide bonds. The molecule has 0 saturated heterocycles. The van der Waals surface area contributed by atoms with E-state index in [1.165, 1.54) is 122 Å². The van der Waals surface area contributed by atoms with Gasteiger partial charge in [-0.3, -0.25) is 4.79 Å². The molecule has 41 heavy (non-hydrogen) atoms. The maximum absolute atomic E-state index is 11.7. The molecule has 0 radical (unpaired) electrons. The third kappa shape index (κ3) is 37.3. The first kappa shape index (κ1) is 40.3. The van der Waals surface area contributed by atoms with Crippen molar-refractivity contribution in [2.75, 3.05) is 59.5 Å². The van der Waals surface area contributed by atoms with Crippen molar-refractivity contribution in [3.63, 3.8) is 0 Å². The minimum atomic E-state index is -0.119. The second-order valence-electron chi connectivity index (χ2n) is 11.5. The molecule has 6 nitrogen and oxygen atoms in total. The monoisotopic (exact) mass is 587 g/mol. The lowest BCUT2D eigenvalue weighted by Gasteiger charge is -2.08. The third-order valence-electron chi connectivity index (χ3n) is 7.48. The Hall–Kier alpha value is -0.690. The van der Waals surface area contributed by atoms with E-state index in [2.05, 4.69) is 13.8 Å². The molecular formula is C35H70O6. The van der Waals surface area contributed by atoms with Crippen LogP contribution in [0.5, 0.6) is 0 Å². The topological polar surface area (TPSA) is 63.2 Å². The molecule has 0 spiro atoms. The molecule has 6 heteroatoms. The lowest BCUT2D eigenvalue weighted by molar-refractivity contribution is -0.145. The van der Waals surface area contributed by atoms with Crippen molar-refractivity contribution >= 4 is 5.97 Å². The van der Waals surface area contributed by atoms with E-state index in [9.17, 15) is 4.79 Å². The number of esters is 1. The summed E-state index contributed by atoms with van der Waals surface area (Å²) in [5.74, 6) is -0.119. The van der Waals surface area contributed by atoms with Crippen molar-refractivity contribution in [2.24, 2.45) is 0 Å². The molecule has 0 rings (SSSR count). The summed E-state index contributed by atoms with van der Waals surface area (Å²) in [6.45, 7) is 9.47. The van der Waals surface area contributed by atoms with Crippen molar-refractivity contribution < 1.29 is 28.5 Å². The quantitative estimate of drug-likeness (QED) is 0.0538. The van der Waals surface area contributed by atoms with E-state index >= 15 is 0 Å². The van der Waals surface area contributed by atoms with Crippen LogP contribution in [0.4, 0.5) is 0 Å². The summed E-state index contributed by atoms with van der Waals surface area (Å²) < 4.78 is 27.4. The molecule has 0 aromatic heterocycles. The van der Waals surface area contributed by atoms with Crippen LogP contribution in [0, 0.1) is 0 Å². The Balaban J connectivity index is 3.09. The molecule has 246 valence electrons. The summed E-state index contributed by atoms with van der Waals surface area (Å²) in [5.41, 5.74) is 0. The van der Waals surface area contributed by atoms with Crippen molar-refractivity contribution in [3.05, 3.63) is 0 Å². The van der Waals surface area contributed by atoms with Gasteiger partial charge in [-0.15, -0.1) is 0 Å². The minimum absolute atomic E-state index is 0.119. The Bertz CT molecular complexity index is 487. The van der Waals surface area contributed by atoms with Gasteiger partial charge in [-0.05, 0) is 12.8 Å². The Morgan fingerprint density at radius 1 is 0.341 bits per heavy atom. The van der Waals surface area contributed by atoms with Gasteiger partial charge in [-0.25, -0.2) is 0 Å². The van der Waals surface area contributed by atoms with Gasteiger partial charge in [0.25, 0.3) is 0 Å². The van der Waals surface area contributed by atoms with Crippen LogP contribution in [0.3, 0.4) is 0 Å². The molecule has 0 N–H and O–H groups in total. The first-order valence-electron chi connectivity index (χ1n) is 17.8. The highest BCUT2D eigenvalue weighted by Gasteiger charge is 2.02. The maximum Gasteiger partial charge on any atom is 0.305 e. The van der Waals surface area contributed by atoms with E-state index in [1.807, 2.05) is 0 Å². The first-order valence-corrected chi connectivity index (χ1v) is 17.8. The number of hydrogen-bond acceptors (Lipinski definition) is 6. The summed E-state index contributed by atoms with van der Waals surface area (Å²) in [4.78, 5) is 11.7. The van der Waals surface area contributed by atoms with Crippen LogP contribution in [0.1, 0.15) is 162 Å². The van der Waals surface area contributed by atoms with Crippen LogP contribution in [0.15, 0.2) is 0 Å². The van der Waals surface area contributed by atoms with Crippen molar-refractivity contribution in [2.45, 2.75) is 162 Å². The van der Waals surface area contributed by atoms with Crippen molar-refractivity contribution in [1.29, 1.82) is 0 Å². The second kappa shape index (κ2) is 37.3. The predicted octanol–water partition coefficient (Wildman–Crippen LogP) is 9.61.